The SMILES string of the molecule is CN=C(NC1C2CCOC2C12CCCC2)N1CC2OCCN(Cc3ccccc3)C2C1.I. The number of nitrogens with zero attached hydrogens (tertiary/aromatic N) is 3. The van der Waals surface area contributed by atoms with Gasteiger partial charge in [0, 0.05) is 57.2 Å². The van der Waals surface area contributed by atoms with Crippen LogP contribution in [-0.2, 0) is 16.0 Å². The van der Waals surface area contributed by atoms with E-state index in [1.807, 2.05) is 7.05 Å². The van der Waals surface area contributed by atoms with Gasteiger partial charge in [0.2, 0.25) is 0 Å². The molecule has 2 aliphatic carbocycles. The van der Waals surface area contributed by atoms with Gasteiger partial charge in [-0.3, -0.25) is 9.89 Å². The van der Waals surface area contributed by atoms with Crippen molar-refractivity contribution in [1.82, 2.24) is 15.1 Å². The number of guanidine groups is 1. The van der Waals surface area contributed by atoms with Crippen molar-refractivity contribution in [2.24, 2.45) is 16.3 Å². The maximum Gasteiger partial charge on any atom is 0.194 e. The maximum absolute atomic E-state index is 6.22. The van der Waals surface area contributed by atoms with Crippen LogP contribution in [0.5, 0.6) is 0 Å². The van der Waals surface area contributed by atoms with Gasteiger partial charge in [0.25, 0.3) is 0 Å². The van der Waals surface area contributed by atoms with Crippen LogP contribution in [-0.4, -0.2) is 79.9 Å². The van der Waals surface area contributed by atoms with Gasteiger partial charge < -0.3 is 19.7 Å². The van der Waals surface area contributed by atoms with Crippen molar-refractivity contribution in [2.75, 3.05) is 39.9 Å². The summed E-state index contributed by atoms with van der Waals surface area (Å²) in [6, 6.07) is 11.8. The normalized spacial score (nSPS) is 35.8. The summed E-state index contributed by atoms with van der Waals surface area (Å²) in [6.45, 7) is 5.67. The van der Waals surface area contributed by atoms with E-state index in [1.165, 1.54) is 37.7 Å². The molecule has 1 N–H and O–H groups in total. The predicted octanol–water partition coefficient (Wildman–Crippen LogP) is 3.11. The van der Waals surface area contributed by atoms with E-state index < -0.39 is 0 Å². The summed E-state index contributed by atoms with van der Waals surface area (Å²) >= 11 is 0. The minimum atomic E-state index is 0. The lowest BCUT2D eigenvalue weighted by molar-refractivity contribution is -0.125. The highest BCUT2D eigenvalue weighted by atomic mass is 127. The minimum Gasteiger partial charge on any atom is -0.377 e. The van der Waals surface area contributed by atoms with E-state index >= 15 is 0 Å². The standard InChI is InChI=1S/C25H36N4O2.HI/c1-26-24(27-22-19-9-13-31-23(19)25(22)10-5-6-11-25)29-16-20-21(17-29)30-14-12-28(20)15-18-7-3-2-4-8-18;/h2-4,7-8,19-23H,5-6,9-17H2,1H3,(H,26,27);1H. The maximum atomic E-state index is 6.22. The van der Waals surface area contributed by atoms with E-state index in [1.54, 1.807) is 0 Å². The molecule has 0 radical (unpaired) electrons. The van der Waals surface area contributed by atoms with E-state index in [4.69, 9.17) is 14.5 Å². The van der Waals surface area contributed by atoms with Crippen LogP contribution in [0, 0.1) is 11.3 Å². The number of rotatable bonds is 3. The second-order valence-corrected chi connectivity index (χ2v) is 10.2. The van der Waals surface area contributed by atoms with E-state index in [-0.39, 0.29) is 30.1 Å². The lowest BCUT2D eigenvalue weighted by Gasteiger charge is -2.57. The molecule has 3 heterocycles. The summed E-state index contributed by atoms with van der Waals surface area (Å²) in [5.74, 6) is 1.73. The molecule has 5 unspecified atom stereocenters. The monoisotopic (exact) mass is 552 g/mol. The molecule has 1 aromatic carbocycles. The molecule has 0 aromatic heterocycles. The first-order valence-electron chi connectivity index (χ1n) is 12.3. The van der Waals surface area contributed by atoms with E-state index in [2.05, 4.69) is 45.4 Å². The first-order valence-corrected chi connectivity index (χ1v) is 12.3. The number of aliphatic imine (C=N–C) groups is 1. The highest BCUT2D eigenvalue weighted by Gasteiger charge is 2.65. The zero-order valence-corrected chi connectivity index (χ0v) is 21.4. The average Bonchev–Trinajstić information content (AvgIpc) is 3.54. The van der Waals surface area contributed by atoms with Crippen molar-refractivity contribution in [3.8, 4) is 0 Å². The molecule has 32 heavy (non-hydrogen) atoms. The van der Waals surface area contributed by atoms with Crippen molar-refractivity contribution in [2.45, 2.75) is 62.9 Å². The molecular weight excluding hydrogens is 515 g/mol. The number of hydrogen-bond donors (Lipinski definition) is 1. The molecule has 0 bridgehead atoms. The largest absolute Gasteiger partial charge is 0.377 e. The van der Waals surface area contributed by atoms with Gasteiger partial charge in [-0.15, -0.1) is 24.0 Å². The summed E-state index contributed by atoms with van der Waals surface area (Å²) in [4.78, 5) is 9.80. The van der Waals surface area contributed by atoms with Gasteiger partial charge >= 0.3 is 0 Å². The van der Waals surface area contributed by atoms with Gasteiger partial charge in [-0.1, -0.05) is 43.2 Å². The van der Waals surface area contributed by atoms with Crippen LogP contribution in [0.25, 0.3) is 0 Å². The molecular formula is C25H37IN4O2. The third-order valence-corrected chi connectivity index (χ3v) is 8.73. The van der Waals surface area contributed by atoms with Crippen LogP contribution in [0.2, 0.25) is 0 Å². The predicted molar refractivity (Wildman–Crippen MR) is 136 cm³/mol. The number of likely N-dealkylation sites (tertiary alicyclic amines) is 1. The molecule has 3 aliphatic heterocycles. The number of halogens is 1. The van der Waals surface area contributed by atoms with Crippen LogP contribution >= 0.6 is 24.0 Å². The van der Waals surface area contributed by atoms with Crippen molar-refractivity contribution in [3.63, 3.8) is 0 Å². The fourth-order valence-electron chi connectivity index (χ4n) is 7.29. The molecule has 5 fully saturated rings. The second-order valence-electron chi connectivity index (χ2n) is 10.2. The number of nitrogens with one attached hydrogen (secondary N) is 1. The molecule has 176 valence electrons. The van der Waals surface area contributed by atoms with Crippen LogP contribution in [0.4, 0.5) is 0 Å². The van der Waals surface area contributed by atoms with E-state index in [9.17, 15) is 0 Å². The fourth-order valence-corrected chi connectivity index (χ4v) is 7.29. The van der Waals surface area contributed by atoms with Crippen LogP contribution in [0.15, 0.2) is 35.3 Å². The van der Waals surface area contributed by atoms with Gasteiger partial charge in [-0.2, -0.15) is 0 Å². The van der Waals surface area contributed by atoms with Gasteiger partial charge in [0.05, 0.1) is 24.9 Å². The Bertz CT molecular complexity index is 815. The molecule has 1 spiro atoms. The highest BCUT2D eigenvalue weighted by molar-refractivity contribution is 14.0. The third kappa shape index (κ3) is 3.77. The van der Waals surface area contributed by atoms with Crippen LogP contribution in [0.1, 0.15) is 37.7 Å². The number of morpholine rings is 1. The summed E-state index contributed by atoms with van der Waals surface area (Å²) < 4.78 is 12.4. The molecule has 5 aliphatic rings. The van der Waals surface area contributed by atoms with Gasteiger partial charge in [0.15, 0.2) is 5.96 Å². The molecule has 5 atom stereocenters. The lowest BCUT2D eigenvalue weighted by Crippen LogP contribution is -2.69. The summed E-state index contributed by atoms with van der Waals surface area (Å²) in [7, 11) is 1.94. The number of ether oxygens (including phenoxy) is 2. The zero-order valence-electron chi connectivity index (χ0n) is 19.1. The quantitative estimate of drug-likeness (QED) is 0.355. The molecule has 0 amide bonds. The Hall–Kier alpha value is -0.900. The Morgan fingerprint density at radius 3 is 2.72 bits per heavy atom. The summed E-state index contributed by atoms with van der Waals surface area (Å²) in [5, 5.41) is 3.95. The molecule has 6 nitrogen and oxygen atoms in total. The lowest BCUT2D eigenvalue weighted by atomic mass is 9.54. The Morgan fingerprint density at radius 2 is 1.94 bits per heavy atom. The summed E-state index contributed by atoms with van der Waals surface area (Å²) in [6.07, 6.45) is 7.25. The second kappa shape index (κ2) is 9.39. The number of hydrogen-bond acceptors (Lipinski definition) is 4. The Balaban J connectivity index is 0.00000216. The Labute approximate surface area is 209 Å². The topological polar surface area (TPSA) is 49.3 Å². The first kappa shape index (κ1) is 22.9. The van der Waals surface area contributed by atoms with Crippen LogP contribution in [0.3, 0.4) is 0 Å². The Morgan fingerprint density at radius 1 is 1.12 bits per heavy atom. The van der Waals surface area contributed by atoms with Crippen molar-refractivity contribution < 1.29 is 9.47 Å². The first-order chi connectivity index (χ1) is 15.3. The van der Waals surface area contributed by atoms with Crippen molar-refractivity contribution >= 4 is 29.9 Å². The zero-order chi connectivity index (χ0) is 20.8. The molecule has 3 saturated heterocycles. The number of benzene rings is 1. The third-order valence-electron chi connectivity index (χ3n) is 8.73. The molecule has 7 heteroatoms. The van der Waals surface area contributed by atoms with Crippen LogP contribution < -0.4 is 5.32 Å². The molecule has 2 saturated carbocycles. The van der Waals surface area contributed by atoms with Gasteiger partial charge in [0.1, 0.15) is 0 Å². The Kier molecular flexibility index (Phi) is 6.71. The van der Waals surface area contributed by atoms with Gasteiger partial charge in [-0.05, 0) is 24.8 Å². The van der Waals surface area contributed by atoms with E-state index in [0.29, 0.717) is 29.5 Å². The molecule has 1 aromatic rings. The average molecular weight is 553 g/mol. The number of fused-ring (bicyclic) bond motifs is 3. The fraction of sp³-hybridized carbons (Fsp3) is 0.720. The van der Waals surface area contributed by atoms with E-state index in [0.717, 1.165) is 45.4 Å². The van der Waals surface area contributed by atoms with Gasteiger partial charge in [-0.25, -0.2) is 0 Å². The molecule has 6 rings (SSSR count). The van der Waals surface area contributed by atoms with Crippen molar-refractivity contribution in [1.29, 1.82) is 0 Å². The van der Waals surface area contributed by atoms with Crippen molar-refractivity contribution in [3.05, 3.63) is 35.9 Å². The highest BCUT2D eigenvalue weighted by Crippen LogP contribution is 2.60. The smallest absolute Gasteiger partial charge is 0.194 e. The summed E-state index contributed by atoms with van der Waals surface area (Å²) in [5.41, 5.74) is 1.73. The minimum absolute atomic E-state index is 0.